The number of hydrogen-bond donors (Lipinski definition) is 0. The van der Waals surface area contributed by atoms with E-state index in [1.54, 1.807) is 0 Å². The predicted molar refractivity (Wildman–Crippen MR) is 110 cm³/mol. The third kappa shape index (κ3) is 5.49. The van der Waals surface area contributed by atoms with Crippen LogP contribution in [-0.4, -0.2) is 54.4 Å². The number of piperidine rings is 1. The second kappa shape index (κ2) is 9.94. The highest BCUT2D eigenvalue weighted by molar-refractivity contribution is 5.80. The number of carbonyl (C=O) groups excluding carboxylic acids is 2. The highest BCUT2D eigenvalue weighted by Crippen LogP contribution is 2.22. The molecule has 1 aromatic carbocycles. The molecule has 2 aliphatic rings. The van der Waals surface area contributed by atoms with E-state index in [2.05, 4.69) is 18.7 Å². The van der Waals surface area contributed by atoms with E-state index in [0.717, 1.165) is 44.5 Å². The number of aryl methyl sites for hydroxylation is 2. The molecule has 0 atom stereocenters. The van der Waals surface area contributed by atoms with Gasteiger partial charge in [0.05, 0.1) is 13.0 Å². The zero-order valence-electron chi connectivity index (χ0n) is 17.4. The molecule has 5 heteroatoms. The predicted octanol–water partition coefficient (Wildman–Crippen LogP) is 3.71. The standard InChI is InChI=1S/C23H34N2O3/c1-18-7-8-21(17-19(18)2)28-16-11-22(26)24-14-9-20(10-15-24)23(27)25-12-5-3-4-6-13-25/h7-8,17,20H,3-6,9-16H2,1-2H3. The molecule has 0 radical (unpaired) electrons. The molecule has 2 aliphatic heterocycles. The fourth-order valence-electron chi connectivity index (χ4n) is 4.14. The minimum absolute atomic E-state index is 0.0916. The fourth-order valence-corrected chi connectivity index (χ4v) is 4.14. The molecule has 0 spiro atoms. The Kier molecular flexibility index (Phi) is 7.35. The Hall–Kier alpha value is -2.04. The second-order valence-corrected chi connectivity index (χ2v) is 8.24. The van der Waals surface area contributed by atoms with E-state index < -0.39 is 0 Å². The maximum atomic E-state index is 12.8. The van der Waals surface area contributed by atoms with E-state index in [0.29, 0.717) is 32.0 Å². The normalized spacial score (nSPS) is 18.6. The third-order valence-corrected chi connectivity index (χ3v) is 6.18. The summed E-state index contributed by atoms with van der Waals surface area (Å²) in [6, 6.07) is 6.01. The summed E-state index contributed by atoms with van der Waals surface area (Å²) in [5.74, 6) is 1.35. The number of benzene rings is 1. The van der Waals surface area contributed by atoms with E-state index in [1.165, 1.54) is 24.0 Å². The van der Waals surface area contributed by atoms with E-state index in [1.807, 2.05) is 23.1 Å². The summed E-state index contributed by atoms with van der Waals surface area (Å²) in [4.78, 5) is 29.2. The van der Waals surface area contributed by atoms with Crippen LogP contribution in [0, 0.1) is 19.8 Å². The van der Waals surface area contributed by atoms with Crippen LogP contribution in [0.25, 0.3) is 0 Å². The molecule has 0 bridgehead atoms. The Morgan fingerprint density at radius 2 is 1.61 bits per heavy atom. The van der Waals surface area contributed by atoms with Gasteiger partial charge in [-0.3, -0.25) is 9.59 Å². The minimum atomic E-state index is 0.0916. The number of ether oxygens (including phenoxy) is 1. The average Bonchev–Trinajstić information content (AvgIpc) is 3.00. The van der Waals surface area contributed by atoms with Gasteiger partial charge in [0.15, 0.2) is 0 Å². The second-order valence-electron chi connectivity index (χ2n) is 8.24. The van der Waals surface area contributed by atoms with E-state index in [9.17, 15) is 9.59 Å². The Labute approximate surface area is 169 Å². The van der Waals surface area contributed by atoms with Gasteiger partial charge in [0.25, 0.3) is 0 Å². The van der Waals surface area contributed by atoms with Gasteiger partial charge in [0.2, 0.25) is 11.8 Å². The summed E-state index contributed by atoms with van der Waals surface area (Å²) in [5.41, 5.74) is 2.43. The van der Waals surface area contributed by atoms with Crippen LogP contribution < -0.4 is 4.74 Å². The highest BCUT2D eigenvalue weighted by atomic mass is 16.5. The fraction of sp³-hybridized carbons (Fsp3) is 0.652. The van der Waals surface area contributed by atoms with Gasteiger partial charge in [0.1, 0.15) is 5.75 Å². The Morgan fingerprint density at radius 1 is 0.929 bits per heavy atom. The number of rotatable bonds is 5. The van der Waals surface area contributed by atoms with Crippen LogP contribution in [0.1, 0.15) is 56.1 Å². The van der Waals surface area contributed by atoms with Crippen molar-refractivity contribution in [2.45, 2.75) is 58.8 Å². The highest BCUT2D eigenvalue weighted by Gasteiger charge is 2.30. The quantitative estimate of drug-likeness (QED) is 0.775. The van der Waals surface area contributed by atoms with Crippen molar-refractivity contribution in [2.75, 3.05) is 32.8 Å². The lowest BCUT2D eigenvalue weighted by molar-refractivity contribution is -0.141. The number of hydrogen-bond acceptors (Lipinski definition) is 3. The maximum Gasteiger partial charge on any atom is 0.225 e. The van der Waals surface area contributed by atoms with Crippen molar-refractivity contribution in [2.24, 2.45) is 5.92 Å². The van der Waals surface area contributed by atoms with Crippen molar-refractivity contribution in [1.82, 2.24) is 9.80 Å². The molecule has 5 nitrogen and oxygen atoms in total. The zero-order valence-corrected chi connectivity index (χ0v) is 17.4. The molecule has 2 fully saturated rings. The lowest BCUT2D eigenvalue weighted by atomic mass is 9.95. The van der Waals surface area contributed by atoms with Crippen LogP contribution in [-0.2, 0) is 9.59 Å². The van der Waals surface area contributed by atoms with Crippen LogP contribution in [0.4, 0.5) is 0 Å². The summed E-state index contributed by atoms with van der Waals surface area (Å²) >= 11 is 0. The van der Waals surface area contributed by atoms with Gasteiger partial charge in [-0.25, -0.2) is 0 Å². The van der Waals surface area contributed by atoms with E-state index in [-0.39, 0.29) is 11.8 Å². The molecular weight excluding hydrogens is 352 g/mol. The summed E-state index contributed by atoms with van der Waals surface area (Å²) in [7, 11) is 0. The van der Waals surface area contributed by atoms with Crippen molar-refractivity contribution < 1.29 is 14.3 Å². The molecule has 0 aromatic heterocycles. The van der Waals surface area contributed by atoms with Crippen LogP contribution in [0.3, 0.4) is 0 Å². The first kappa shape index (κ1) is 20.7. The first-order chi connectivity index (χ1) is 13.5. The van der Waals surface area contributed by atoms with Crippen molar-refractivity contribution in [1.29, 1.82) is 0 Å². The zero-order chi connectivity index (χ0) is 19.9. The SMILES string of the molecule is Cc1ccc(OCCC(=O)N2CCC(C(=O)N3CCCCCC3)CC2)cc1C. The van der Waals surface area contributed by atoms with Crippen LogP contribution in [0.5, 0.6) is 5.75 Å². The van der Waals surface area contributed by atoms with Gasteiger partial charge in [-0.05, 0) is 62.8 Å². The molecule has 1 aromatic rings. The van der Waals surface area contributed by atoms with Crippen molar-refractivity contribution in [3.05, 3.63) is 29.3 Å². The number of nitrogens with zero attached hydrogens (tertiary/aromatic N) is 2. The van der Waals surface area contributed by atoms with Gasteiger partial charge in [-0.15, -0.1) is 0 Å². The number of amides is 2. The smallest absolute Gasteiger partial charge is 0.225 e. The monoisotopic (exact) mass is 386 g/mol. The van der Waals surface area contributed by atoms with E-state index >= 15 is 0 Å². The van der Waals surface area contributed by atoms with Crippen molar-refractivity contribution in [3.63, 3.8) is 0 Å². The van der Waals surface area contributed by atoms with Gasteiger partial charge in [0, 0.05) is 32.1 Å². The Bertz CT molecular complexity index is 672. The number of carbonyl (C=O) groups is 2. The molecule has 0 saturated carbocycles. The lowest BCUT2D eigenvalue weighted by Gasteiger charge is -2.34. The lowest BCUT2D eigenvalue weighted by Crippen LogP contribution is -2.44. The topological polar surface area (TPSA) is 49.9 Å². The molecule has 3 rings (SSSR count). The summed E-state index contributed by atoms with van der Waals surface area (Å²) < 4.78 is 5.75. The largest absolute Gasteiger partial charge is 0.493 e. The molecule has 0 unspecified atom stereocenters. The van der Waals surface area contributed by atoms with Gasteiger partial charge < -0.3 is 14.5 Å². The molecular formula is C23H34N2O3. The van der Waals surface area contributed by atoms with Crippen molar-refractivity contribution in [3.8, 4) is 5.75 Å². The molecule has 154 valence electrons. The van der Waals surface area contributed by atoms with E-state index in [4.69, 9.17) is 4.74 Å². The first-order valence-corrected chi connectivity index (χ1v) is 10.8. The van der Waals surface area contributed by atoms with Crippen LogP contribution in [0.2, 0.25) is 0 Å². The van der Waals surface area contributed by atoms with Crippen LogP contribution in [0.15, 0.2) is 18.2 Å². The first-order valence-electron chi connectivity index (χ1n) is 10.8. The van der Waals surface area contributed by atoms with Gasteiger partial charge >= 0.3 is 0 Å². The summed E-state index contributed by atoms with van der Waals surface area (Å²) in [5, 5.41) is 0. The Balaban J connectivity index is 1.39. The number of likely N-dealkylation sites (tertiary alicyclic amines) is 2. The summed E-state index contributed by atoms with van der Waals surface area (Å²) in [6.45, 7) is 7.73. The Morgan fingerprint density at radius 3 is 2.25 bits per heavy atom. The molecule has 0 aliphatic carbocycles. The van der Waals surface area contributed by atoms with Crippen LogP contribution >= 0.6 is 0 Å². The minimum Gasteiger partial charge on any atom is -0.493 e. The van der Waals surface area contributed by atoms with Gasteiger partial charge in [-0.1, -0.05) is 18.9 Å². The molecule has 2 heterocycles. The molecule has 0 N–H and O–H groups in total. The molecule has 2 amide bonds. The third-order valence-electron chi connectivity index (χ3n) is 6.18. The molecule has 2 saturated heterocycles. The van der Waals surface area contributed by atoms with Gasteiger partial charge in [-0.2, -0.15) is 0 Å². The van der Waals surface area contributed by atoms with Crippen molar-refractivity contribution >= 4 is 11.8 Å². The molecule has 28 heavy (non-hydrogen) atoms. The maximum absolute atomic E-state index is 12.8. The average molecular weight is 387 g/mol. The summed E-state index contributed by atoms with van der Waals surface area (Å²) in [6.07, 6.45) is 6.70.